The van der Waals surface area contributed by atoms with Gasteiger partial charge in [0.2, 0.25) is 0 Å². The largest absolute Gasteiger partial charge is 0.478 e. The fourth-order valence-electron chi connectivity index (χ4n) is 2.87. The van der Waals surface area contributed by atoms with Crippen molar-refractivity contribution in [3.05, 3.63) is 17.8 Å². The summed E-state index contributed by atoms with van der Waals surface area (Å²) in [5, 5.41) is 17.0. The van der Waals surface area contributed by atoms with Crippen LogP contribution >= 0.6 is 0 Å². The van der Waals surface area contributed by atoms with Crippen LogP contribution in [0.2, 0.25) is 0 Å². The molecular formula is C14H21N3O2. The van der Waals surface area contributed by atoms with Crippen molar-refractivity contribution >= 4 is 11.8 Å². The Kier molecular flexibility index (Phi) is 4.02. The van der Waals surface area contributed by atoms with Gasteiger partial charge in [0, 0.05) is 13.1 Å². The molecule has 1 N–H and O–H groups in total. The molecule has 0 unspecified atom stereocenters. The Bertz CT molecular complexity index is 448. The van der Waals surface area contributed by atoms with E-state index >= 15 is 0 Å². The molecule has 0 spiro atoms. The van der Waals surface area contributed by atoms with Gasteiger partial charge in [-0.1, -0.05) is 26.7 Å². The Labute approximate surface area is 113 Å². The Morgan fingerprint density at radius 3 is 2.53 bits per heavy atom. The van der Waals surface area contributed by atoms with E-state index in [2.05, 4.69) is 28.9 Å². The van der Waals surface area contributed by atoms with Crippen LogP contribution in [-0.2, 0) is 0 Å². The zero-order valence-electron chi connectivity index (χ0n) is 11.6. The Balaban J connectivity index is 2.16. The van der Waals surface area contributed by atoms with E-state index in [0.717, 1.165) is 25.9 Å². The van der Waals surface area contributed by atoms with Crippen molar-refractivity contribution in [3.63, 3.8) is 0 Å². The van der Waals surface area contributed by atoms with Gasteiger partial charge in [-0.15, -0.1) is 5.10 Å². The highest BCUT2D eigenvalue weighted by atomic mass is 16.4. The summed E-state index contributed by atoms with van der Waals surface area (Å²) in [5.41, 5.74) is 0.665. The number of carboxylic acids is 1. The number of aromatic carboxylic acids is 1. The molecule has 2 rings (SSSR count). The molecule has 1 fully saturated rings. The average molecular weight is 263 g/mol. The third-order valence-electron chi connectivity index (χ3n) is 4.56. The summed E-state index contributed by atoms with van der Waals surface area (Å²) >= 11 is 0. The van der Waals surface area contributed by atoms with Gasteiger partial charge in [-0.2, -0.15) is 5.10 Å². The first-order valence-electron chi connectivity index (χ1n) is 6.92. The highest BCUT2D eigenvalue weighted by molar-refractivity contribution is 5.93. The van der Waals surface area contributed by atoms with E-state index in [-0.39, 0.29) is 5.56 Å². The highest BCUT2D eigenvalue weighted by Crippen LogP contribution is 2.39. The molecule has 5 nitrogen and oxygen atoms in total. The van der Waals surface area contributed by atoms with Crippen LogP contribution in [0.4, 0.5) is 5.82 Å². The number of hydrogen-bond donors (Lipinski definition) is 1. The molecule has 1 saturated heterocycles. The normalized spacial score (nSPS) is 18.3. The monoisotopic (exact) mass is 263 g/mol. The minimum absolute atomic E-state index is 0.246. The van der Waals surface area contributed by atoms with E-state index in [1.54, 1.807) is 0 Å². The van der Waals surface area contributed by atoms with Gasteiger partial charge in [0.05, 0.1) is 6.20 Å². The van der Waals surface area contributed by atoms with Crippen molar-refractivity contribution in [1.29, 1.82) is 0 Å². The number of hydrogen-bond acceptors (Lipinski definition) is 4. The zero-order chi connectivity index (χ0) is 13.9. The van der Waals surface area contributed by atoms with Crippen molar-refractivity contribution in [1.82, 2.24) is 10.2 Å². The number of rotatable bonds is 4. The molecular weight excluding hydrogens is 242 g/mol. The summed E-state index contributed by atoms with van der Waals surface area (Å²) in [6, 6.07) is 1.52. The Morgan fingerprint density at radius 2 is 2.00 bits per heavy atom. The van der Waals surface area contributed by atoms with Crippen LogP contribution in [0.25, 0.3) is 0 Å². The van der Waals surface area contributed by atoms with Crippen LogP contribution in [0.1, 0.15) is 49.9 Å². The smallest absolute Gasteiger partial charge is 0.339 e. The lowest BCUT2D eigenvalue weighted by Gasteiger charge is -2.41. The van der Waals surface area contributed by atoms with Gasteiger partial charge >= 0.3 is 5.97 Å². The maximum absolute atomic E-state index is 11.2. The van der Waals surface area contributed by atoms with Gasteiger partial charge in [-0.05, 0) is 24.3 Å². The SMILES string of the molecule is CCC1(CC)CCN(c2nnccc2C(=O)O)CC1. The van der Waals surface area contributed by atoms with E-state index in [0.29, 0.717) is 11.2 Å². The molecule has 104 valence electrons. The summed E-state index contributed by atoms with van der Waals surface area (Å²) in [7, 11) is 0. The minimum Gasteiger partial charge on any atom is -0.478 e. The molecule has 0 saturated carbocycles. The molecule has 0 amide bonds. The first-order chi connectivity index (χ1) is 9.12. The quantitative estimate of drug-likeness (QED) is 0.904. The van der Waals surface area contributed by atoms with E-state index in [4.69, 9.17) is 0 Å². The molecule has 19 heavy (non-hydrogen) atoms. The first kappa shape index (κ1) is 13.8. The van der Waals surface area contributed by atoms with Gasteiger partial charge < -0.3 is 10.0 Å². The molecule has 1 aliphatic rings. The standard InChI is InChI=1S/C14H21N3O2/c1-3-14(4-2)6-9-17(10-7-14)12-11(13(18)19)5-8-15-16-12/h5,8H,3-4,6-7,9-10H2,1-2H3,(H,18,19). The van der Waals surface area contributed by atoms with Crippen molar-refractivity contribution in [2.75, 3.05) is 18.0 Å². The van der Waals surface area contributed by atoms with Crippen LogP contribution in [0.15, 0.2) is 12.3 Å². The van der Waals surface area contributed by atoms with Crippen LogP contribution in [0.5, 0.6) is 0 Å². The van der Waals surface area contributed by atoms with E-state index in [9.17, 15) is 9.90 Å². The summed E-state index contributed by atoms with van der Waals surface area (Å²) in [5.74, 6) is -0.427. The fourth-order valence-corrected chi connectivity index (χ4v) is 2.87. The van der Waals surface area contributed by atoms with Gasteiger partial charge in [0.25, 0.3) is 0 Å². The lowest BCUT2D eigenvalue weighted by atomic mass is 9.74. The van der Waals surface area contributed by atoms with E-state index < -0.39 is 5.97 Å². The third-order valence-corrected chi connectivity index (χ3v) is 4.56. The van der Waals surface area contributed by atoms with Crippen LogP contribution in [-0.4, -0.2) is 34.4 Å². The molecule has 0 aliphatic carbocycles. The summed E-state index contributed by atoms with van der Waals surface area (Å²) in [6.07, 6.45) is 5.98. The molecule has 1 aliphatic heterocycles. The van der Waals surface area contributed by atoms with Gasteiger partial charge in [0.15, 0.2) is 5.82 Å². The lowest BCUT2D eigenvalue weighted by molar-refractivity contribution is 0.0696. The molecule has 5 heteroatoms. The van der Waals surface area contributed by atoms with Crippen molar-refractivity contribution in [2.24, 2.45) is 5.41 Å². The highest BCUT2D eigenvalue weighted by Gasteiger charge is 2.32. The van der Waals surface area contributed by atoms with Crippen LogP contribution in [0, 0.1) is 5.41 Å². The second kappa shape index (κ2) is 5.55. The fraction of sp³-hybridized carbons (Fsp3) is 0.643. The zero-order valence-corrected chi connectivity index (χ0v) is 11.6. The van der Waals surface area contributed by atoms with E-state index in [1.165, 1.54) is 25.1 Å². The molecule has 0 bridgehead atoms. The molecule has 0 radical (unpaired) electrons. The molecule has 1 aromatic rings. The van der Waals surface area contributed by atoms with Crippen molar-refractivity contribution in [3.8, 4) is 0 Å². The number of aromatic nitrogens is 2. The van der Waals surface area contributed by atoms with Gasteiger partial charge in [-0.3, -0.25) is 0 Å². The van der Waals surface area contributed by atoms with E-state index in [1.807, 2.05) is 0 Å². The summed E-state index contributed by atoms with van der Waals surface area (Å²) in [6.45, 7) is 6.20. The predicted octanol–water partition coefficient (Wildman–Crippen LogP) is 2.58. The second-order valence-electron chi connectivity index (χ2n) is 5.27. The average Bonchev–Trinajstić information content (AvgIpc) is 2.47. The van der Waals surface area contributed by atoms with Gasteiger partial charge in [-0.25, -0.2) is 4.79 Å². The lowest BCUT2D eigenvalue weighted by Crippen LogP contribution is -2.40. The van der Waals surface area contributed by atoms with Crippen LogP contribution < -0.4 is 4.90 Å². The topological polar surface area (TPSA) is 66.3 Å². The maximum Gasteiger partial charge on any atom is 0.339 e. The van der Waals surface area contributed by atoms with Crippen LogP contribution in [0.3, 0.4) is 0 Å². The number of carbonyl (C=O) groups is 1. The predicted molar refractivity (Wildman–Crippen MR) is 73.5 cm³/mol. The second-order valence-corrected chi connectivity index (χ2v) is 5.27. The molecule has 2 heterocycles. The van der Waals surface area contributed by atoms with Gasteiger partial charge in [0.1, 0.15) is 5.56 Å². The first-order valence-corrected chi connectivity index (χ1v) is 6.92. The maximum atomic E-state index is 11.2. The summed E-state index contributed by atoms with van der Waals surface area (Å²) < 4.78 is 0. The third kappa shape index (κ3) is 2.69. The summed E-state index contributed by atoms with van der Waals surface area (Å²) in [4.78, 5) is 13.3. The minimum atomic E-state index is -0.937. The number of carboxylic acid groups (broad SMARTS) is 1. The number of anilines is 1. The van der Waals surface area contributed by atoms with Crippen molar-refractivity contribution in [2.45, 2.75) is 39.5 Å². The Morgan fingerprint density at radius 1 is 1.37 bits per heavy atom. The molecule has 0 atom stereocenters. The Hall–Kier alpha value is -1.65. The molecule has 0 aromatic carbocycles. The molecule has 1 aromatic heterocycles. The number of piperidine rings is 1. The number of nitrogens with zero attached hydrogens (tertiary/aromatic N) is 3. The van der Waals surface area contributed by atoms with Crippen molar-refractivity contribution < 1.29 is 9.90 Å².